The van der Waals surface area contributed by atoms with Gasteiger partial charge in [-0.2, -0.15) is 13.0 Å². The fourth-order valence-corrected chi connectivity index (χ4v) is 8.78. The summed E-state index contributed by atoms with van der Waals surface area (Å²) in [5.41, 5.74) is 2.76. The second-order valence-electron chi connectivity index (χ2n) is 14.8. The van der Waals surface area contributed by atoms with Crippen LogP contribution >= 0.6 is 12.6 Å². The van der Waals surface area contributed by atoms with Crippen molar-refractivity contribution in [2.24, 2.45) is 0 Å². The van der Waals surface area contributed by atoms with E-state index in [1.807, 2.05) is 37.2 Å². The molecule has 0 spiro atoms. The molecule has 0 bridgehead atoms. The molecule has 0 saturated carbocycles. The minimum atomic E-state index is -4.76. The van der Waals surface area contributed by atoms with Crippen molar-refractivity contribution in [1.29, 1.82) is 0 Å². The van der Waals surface area contributed by atoms with Gasteiger partial charge in [0.25, 0.3) is 10.1 Å². The Bertz CT molecular complexity index is 2300. The average Bonchev–Trinajstić information content (AvgIpc) is 3.41. The number of fused-ring (bicyclic) bond motifs is 2. The van der Waals surface area contributed by atoms with E-state index in [0.29, 0.717) is 102 Å². The van der Waals surface area contributed by atoms with Gasteiger partial charge in [-0.15, -0.1) is 12.6 Å². The van der Waals surface area contributed by atoms with Crippen molar-refractivity contribution >= 4 is 67.7 Å². The Morgan fingerprint density at radius 2 is 1.39 bits per heavy atom. The van der Waals surface area contributed by atoms with E-state index >= 15 is 0 Å². The zero-order chi connectivity index (χ0) is 40.0. The summed E-state index contributed by atoms with van der Waals surface area (Å²) < 4.78 is 71.7. The molecule has 2 heterocycles. The number of Topliss-reactive ketones (excluding diaryl/α,β-unsaturated/α-hetero) is 1. The summed E-state index contributed by atoms with van der Waals surface area (Å²) in [5, 5.41) is 21.9. The third kappa shape index (κ3) is 10.5. The first-order valence-corrected chi connectivity index (χ1v) is 20.8. The Morgan fingerprint density at radius 3 is 1.95 bits per heavy atom. The minimum absolute atomic E-state index is 0. The van der Waals surface area contributed by atoms with Gasteiger partial charge in [0, 0.05) is 75.5 Å². The molecule has 56 heavy (non-hydrogen) atoms. The van der Waals surface area contributed by atoms with Crippen molar-refractivity contribution in [3.05, 3.63) is 81.4 Å². The van der Waals surface area contributed by atoms with Crippen molar-refractivity contribution in [3.8, 4) is 0 Å². The van der Waals surface area contributed by atoms with Gasteiger partial charge in [-0.1, -0.05) is 20.3 Å². The quantitative estimate of drug-likeness (QED) is 0.0438. The smallest absolute Gasteiger partial charge is 0.744 e. The van der Waals surface area contributed by atoms with Gasteiger partial charge < -0.3 is 29.3 Å². The van der Waals surface area contributed by atoms with Gasteiger partial charge in [0.2, 0.25) is 5.69 Å². The van der Waals surface area contributed by atoms with Crippen LogP contribution in [0, 0.1) is 0 Å². The summed E-state index contributed by atoms with van der Waals surface area (Å²) in [4.78, 5) is 37.6. The molecule has 0 aromatic heterocycles. The van der Waals surface area contributed by atoms with Crippen LogP contribution in [0.1, 0.15) is 90.2 Å². The molecule has 1 aliphatic carbocycles. The Labute approximate surface area is 418 Å². The van der Waals surface area contributed by atoms with Crippen molar-refractivity contribution in [3.63, 3.8) is 0 Å². The zero-order valence-corrected chi connectivity index (χ0v) is 41.2. The van der Waals surface area contributed by atoms with Gasteiger partial charge in [-0.25, -0.2) is 8.42 Å². The van der Waals surface area contributed by atoms with Crippen LogP contribution in [0.3, 0.4) is 0 Å². The number of carbonyl (C=O) groups excluding carboxylic acids is 3. The molecule has 2 aromatic carbocycles. The largest absolute Gasteiger partial charge is 1.00 e. The maximum atomic E-state index is 14.0. The predicted molar refractivity (Wildman–Crippen MR) is 198 cm³/mol. The summed E-state index contributed by atoms with van der Waals surface area (Å²) in [5.74, 6) is -2.60. The monoisotopic (exact) mass is 876 g/mol. The number of carboxylic acids is 2. The molecular weight excluding hydrogens is 835 g/mol. The first kappa shape index (κ1) is 49.5. The molecule has 18 heteroatoms. The van der Waals surface area contributed by atoms with E-state index in [1.165, 1.54) is 24.3 Å². The standard InChI is InChI=1S/C38H44N2O11S3.2K/c1-37(2)27-19-23(53(46,47)48)13-15-29(27)39(17-9-5-7-11-33(41)42)31(37)21-25-35(45)26(36(25)52)22-32-38(3,4)28-20-24(54(49,50)51)14-16-30(28)40(32)18-10-6-8-12-34(43)44;;/h13-16,19-22H,5-12,17-18H2,1-4H3,(H4-,41,42,43,44,45,46,47,48,49,50,51,52);;/q;2*+1/p-2. The summed E-state index contributed by atoms with van der Waals surface area (Å²) in [6.07, 6.45) is 6.39. The van der Waals surface area contributed by atoms with Crippen LogP contribution in [0.15, 0.2) is 80.1 Å². The number of hydrogen-bond donors (Lipinski definition) is 2. The molecule has 290 valence electrons. The van der Waals surface area contributed by atoms with Crippen LogP contribution < -0.4 is 118 Å². The Hall–Kier alpha value is -0.817. The van der Waals surface area contributed by atoms with Crippen molar-refractivity contribution in [2.45, 2.75) is 99.7 Å². The number of unbranched alkanes of at least 4 members (excludes halogenated alkanes) is 4. The van der Waals surface area contributed by atoms with Gasteiger partial charge in [0.15, 0.2) is 11.5 Å². The first-order chi connectivity index (χ1) is 25.1. The number of hydrogen-bond acceptors (Lipinski definition) is 12. The van der Waals surface area contributed by atoms with E-state index in [9.17, 15) is 50.5 Å². The van der Waals surface area contributed by atoms with E-state index in [4.69, 9.17) is 12.6 Å². The second kappa shape index (κ2) is 19.3. The van der Waals surface area contributed by atoms with Gasteiger partial charge in [0.05, 0.1) is 15.2 Å². The summed E-state index contributed by atoms with van der Waals surface area (Å²) in [6, 6.07) is 8.46. The fraction of sp³-hybridized carbons (Fsp3) is 0.421. The number of nitrogens with zero attached hydrogens (tertiary/aromatic N) is 2. The van der Waals surface area contributed by atoms with Crippen LogP contribution in [-0.4, -0.2) is 67.0 Å². The molecule has 13 nitrogen and oxygen atoms in total. The predicted octanol–water partition coefficient (Wildman–Crippen LogP) is -2.78. The molecule has 2 aliphatic heterocycles. The van der Waals surface area contributed by atoms with Gasteiger partial charge in [-0.05, 0) is 94.3 Å². The van der Waals surface area contributed by atoms with Gasteiger partial charge in [0.1, 0.15) is 16.7 Å². The van der Waals surface area contributed by atoms with Crippen molar-refractivity contribution in [2.75, 3.05) is 18.0 Å². The number of ketones is 1. The van der Waals surface area contributed by atoms with E-state index in [-0.39, 0.29) is 131 Å². The van der Waals surface area contributed by atoms with Crippen molar-refractivity contribution in [1.82, 2.24) is 0 Å². The Morgan fingerprint density at radius 1 is 0.821 bits per heavy atom. The van der Waals surface area contributed by atoms with Gasteiger partial charge in [-0.3, -0.25) is 9.35 Å². The molecule has 2 aromatic rings. The molecule has 1 N–H and O–H groups in total. The van der Waals surface area contributed by atoms with E-state index < -0.39 is 43.0 Å². The number of thiol groups is 1. The molecule has 0 unspecified atom stereocenters. The molecular formula is C38H42K2N2O11S3. The summed E-state index contributed by atoms with van der Waals surface area (Å²) in [6.45, 7) is 8.29. The fourth-order valence-electron chi connectivity index (χ4n) is 7.44. The number of aliphatic carboxylic acids is 2. The van der Waals surface area contributed by atoms with Crippen LogP contribution in [0.2, 0.25) is 0 Å². The Kier molecular flexibility index (Phi) is 17.0. The average molecular weight is 877 g/mol. The summed E-state index contributed by atoms with van der Waals surface area (Å²) >= 11 is 4.76. The van der Waals surface area contributed by atoms with E-state index in [2.05, 4.69) is 0 Å². The number of benzene rings is 2. The zero-order valence-electron chi connectivity index (χ0n) is 32.4. The van der Waals surface area contributed by atoms with Crippen LogP contribution in [0.25, 0.3) is 0 Å². The molecule has 0 atom stereocenters. The van der Waals surface area contributed by atoms with Crippen molar-refractivity contribution < 1.29 is 158 Å². The number of carbonyl (C=O) groups is 3. The van der Waals surface area contributed by atoms with Gasteiger partial charge >= 0.3 is 103 Å². The van der Waals surface area contributed by atoms with Crippen LogP contribution in [-0.2, 0) is 45.4 Å². The van der Waals surface area contributed by atoms with Crippen LogP contribution in [0.5, 0.6) is 0 Å². The SMILES string of the molecule is CC1(C)C(=CC2=C(S)C(=CC3=[N+](CCCCCC(=O)[O-])c4ccc(S(=O)(=O)[O-])cc4C3(C)C)C2=O)N(CCCCCC(=O)[O-])c2ccc(S(=O)(=O)O)cc21.[K+].[K+]. The maximum absolute atomic E-state index is 14.0. The number of carboxylic acid groups (broad SMARTS) is 2. The molecule has 0 saturated heterocycles. The number of anilines is 1. The summed E-state index contributed by atoms with van der Waals surface area (Å²) in [7, 11) is -9.27. The molecule has 3 aliphatic rings. The van der Waals surface area contributed by atoms with E-state index in [1.54, 1.807) is 24.3 Å². The second-order valence-corrected chi connectivity index (χ2v) is 18.0. The molecule has 0 radical (unpaired) electrons. The normalized spacial score (nSPS) is 18.4. The number of rotatable bonds is 16. The first-order valence-electron chi connectivity index (χ1n) is 17.5. The third-order valence-electron chi connectivity index (χ3n) is 10.4. The topological polar surface area (TPSA) is 215 Å². The van der Waals surface area contributed by atoms with E-state index in [0.717, 1.165) is 0 Å². The molecule has 0 amide bonds. The Balaban J connectivity index is 0.00000420. The molecule has 5 rings (SSSR count). The molecule has 0 fully saturated rings. The van der Waals surface area contributed by atoms with Crippen LogP contribution in [0.4, 0.5) is 11.4 Å². The third-order valence-corrected chi connectivity index (χ3v) is 12.6. The number of allylic oxidation sites excluding steroid dienone is 5. The minimum Gasteiger partial charge on any atom is -0.744 e. The maximum Gasteiger partial charge on any atom is 1.00 e.